The van der Waals surface area contributed by atoms with E-state index in [1.54, 1.807) is 11.8 Å². The van der Waals surface area contributed by atoms with Gasteiger partial charge in [-0.25, -0.2) is 0 Å². The second kappa shape index (κ2) is 4.06. The van der Waals surface area contributed by atoms with Gasteiger partial charge in [0.25, 0.3) is 0 Å². The van der Waals surface area contributed by atoms with Crippen LogP contribution in [0.4, 0.5) is 0 Å². The van der Waals surface area contributed by atoms with Gasteiger partial charge in [0.2, 0.25) is 0 Å². The molecule has 0 heterocycles. The molecule has 0 amide bonds. The Morgan fingerprint density at radius 1 is 1.50 bits per heavy atom. The molecule has 0 spiro atoms. The zero-order chi connectivity index (χ0) is 9.14. The summed E-state index contributed by atoms with van der Waals surface area (Å²) in [6, 6.07) is 6.15. The van der Waals surface area contributed by atoms with Crippen molar-refractivity contribution in [3.8, 4) is 0 Å². The molecule has 64 valence electrons. The molecule has 1 aromatic rings. The molecule has 0 saturated carbocycles. The summed E-state index contributed by atoms with van der Waals surface area (Å²) in [6.07, 6.45) is 0. The molecule has 0 unspecified atom stereocenters. The lowest BCUT2D eigenvalue weighted by Crippen LogP contribution is -1.78. The molecular formula is C10H12S2. The Bertz CT molecular complexity index is 303. The average molecular weight is 196 g/mol. The van der Waals surface area contributed by atoms with E-state index in [-0.39, 0.29) is 0 Å². The van der Waals surface area contributed by atoms with Crippen LogP contribution in [0.3, 0.4) is 0 Å². The van der Waals surface area contributed by atoms with Crippen LogP contribution in [0.15, 0.2) is 39.5 Å². The van der Waals surface area contributed by atoms with Crippen molar-refractivity contribution in [3.05, 3.63) is 35.2 Å². The highest BCUT2D eigenvalue weighted by atomic mass is 32.2. The van der Waals surface area contributed by atoms with Crippen LogP contribution in [-0.4, -0.2) is 0 Å². The van der Waals surface area contributed by atoms with Crippen molar-refractivity contribution in [2.75, 3.05) is 0 Å². The van der Waals surface area contributed by atoms with Gasteiger partial charge in [-0.1, -0.05) is 24.4 Å². The average Bonchev–Trinajstić information content (AvgIpc) is 1.96. The topological polar surface area (TPSA) is 0 Å². The summed E-state index contributed by atoms with van der Waals surface area (Å²) in [5, 5.41) is 0. The third kappa shape index (κ3) is 2.61. The predicted molar refractivity (Wildman–Crippen MR) is 59.1 cm³/mol. The van der Waals surface area contributed by atoms with Crippen LogP contribution < -0.4 is 0 Å². The first-order valence-corrected chi connectivity index (χ1v) is 4.99. The van der Waals surface area contributed by atoms with Gasteiger partial charge < -0.3 is 0 Å². The van der Waals surface area contributed by atoms with Gasteiger partial charge in [0, 0.05) is 9.79 Å². The summed E-state index contributed by atoms with van der Waals surface area (Å²) >= 11 is 5.98. The zero-order valence-corrected chi connectivity index (χ0v) is 9.01. The quantitative estimate of drug-likeness (QED) is 0.553. The number of hydrogen-bond acceptors (Lipinski definition) is 2. The fourth-order valence-electron chi connectivity index (χ4n) is 0.886. The first-order chi connectivity index (χ1) is 5.59. The highest BCUT2D eigenvalue weighted by molar-refractivity contribution is 8.03. The van der Waals surface area contributed by atoms with Crippen LogP contribution >= 0.6 is 24.4 Å². The van der Waals surface area contributed by atoms with E-state index in [4.69, 9.17) is 0 Å². The molecule has 0 aromatic heterocycles. The number of aryl methyl sites for hydroxylation is 1. The van der Waals surface area contributed by atoms with Crippen LogP contribution in [0.25, 0.3) is 0 Å². The van der Waals surface area contributed by atoms with E-state index in [1.165, 1.54) is 10.5 Å². The normalized spacial score (nSPS) is 9.92. The summed E-state index contributed by atoms with van der Waals surface area (Å²) in [6.45, 7) is 7.96. The van der Waals surface area contributed by atoms with E-state index >= 15 is 0 Å². The van der Waals surface area contributed by atoms with E-state index in [0.29, 0.717) is 0 Å². The summed E-state index contributed by atoms with van der Waals surface area (Å²) < 4.78 is 0. The maximum atomic E-state index is 4.28. The Labute approximate surface area is 83.5 Å². The number of hydrogen-bond donors (Lipinski definition) is 1. The monoisotopic (exact) mass is 196 g/mol. The Balaban J connectivity index is 2.97. The maximum absolute atomic E-state index is 4.28. The zero-order valence-electron chi connectivity index (χ0n) is 7.29. The summed E-state index contributed by atoms with van der Waals surface area (Å²) in [4.78, 5) is 3.36. The maximum Gasteiger partial charge on any atom is 0.0159 e. The Morgan fingerprint density at radius 2 is 2.17 bits per heavy atom. The highest BCUT2D eigenvalue weighted by Gasteiger charge is 1.99. The van der Waals surface area contributed by atoms with Crippen LogP contribution in [0.5, 0.6) is 0 Å². The molecule has 0 aliphatic rings. The molecule has 0 aliphatic carbocycles. The van der Waals surface area contributed by atoms with Gasteiger partial charge in [-0.05, 0) is 36.4 Å². The molecule has 1 rings (SSSR count). The highest BCUT2D eigenvalue weighted by Crippen LogP contribution is 2.29. The fourth-order valence-corrected chi connectivity index (χ4v) is 1.97. The molecule has 0 atom stereocenters. The van der Waals surface area contributed by atoms with Crippen molar-refractivity contribution in [1.29, 1.82) is 0 Å². The predicted octanol–water partition coefficient (Wildman–Crippen LogP) is 3.91. The molecule has 2 heteroatoms. The van der Waals surface area contributed by atoms with Gasteiger partial charge in [-0.3, -0.25) is 0 Å². The van der Waals surface area contributed by atoms with E-state index in [1.807, 2.05) is 13.0 Å². The van der Waals surface area contributed by atoms with Crippen molar-refractivity contribution < 1.29 is 0 Å². The summed E-state index contributed by atoms with van der Waals surface area (Å²) in [7, 11) is 0. The van der Waals surface area contributed by atoms with Crippen molar-refractivity contribution in [2.45, 2.75) is 23.6 Å². The second-order valence-electron chi connectivity index (χ2n) is 2.75. The van der Waals surface area contributed by atoms with E-state index in [0.717, 1.165) is 9.80 Å². The van der Waals surface area contributed by atoms with E-state index < -0.39 is 0 Å². The molecular weight excluding hydrogens is 184 g/mol. The van der Waals surface area contributed by atoms with Gasteiger partial charge >= 0.3 is 0 Å². The molecule has 0 bridgehead atoms. The molecule has 12 heavy (non-hydrogen) atoms. The van der Waals surface area contributed by atoms with Crippen LogP contribution in [-0.2, 0) is 0 Å². The van der Waals surface area contributed by atoms with Crippen LogP contribution in [0.1, 0.15) is 12.5 Å². The number of rotatable bonds is 2. The van der Waals surface area contributed by atoms with Crippen molar-refractivity contribution in [3.63, 3.8) is 0 Å². The number of thioether (sulfide) groups is 1. The Morgan fingerprint density at radius 3 is 2.75 bits per heavy atom. The van der Waals surface area contributed by atoms with Crippen molar-refractivity contribution >= 4 is 24.4 Å². The lowest BCUT2D eigenvalue weighted by Gasteiger charge is -2.04. The lowest BCUT2D eigenvalue weighted by atomic mass is 10.2. The minimum absolute atomic E-state index is 1.00. The van der Waals surface area contributed by atoms with Gasteiger partial charge in [-0.15, -0.1) is 12.6 Å². The largest absolute Gasteiger partial charge is 0.143 e. The third-order valence-corrected chi connectivity index (χ3v) is 2.74. The molecule has 1 aromatic carbocycles. The van der Waals surface area contributed by atoms with Gasteiger partial charge in [-0.2, -0.15) is 0 Å². The number of allylic oxidation sites excluding steroid dienone is 1. The minimum Gasteiger partial charge on any atom is -0.143 e. The fraction of sp³-hybridized carbons (Fsp3) is 0.200. The van der Waals surface area contributed by atoms with Crippen molar-refractivity contribution in [1.82, 2.24) is 0 Å². The van der Waals surface area contributed by atoms with Gasteiger partial charge in [0.1, 0.15) is 0 Å². The molecule has 0 saturated heterocycles. The SMILES string of the molecule is C=C(C)Sc1cc(S)ccc1C. The standard InChI is InChI=1S/C10H12S2/c1-7(2)12-10-6-9(11)5-4-8(10)3/h4-6,11H,1H2,2-3H3. The van der Waals surface area contributed by atoms with Gasteiger partial charge in [0.05, 0.1) is 0 Å². The smallest absolute Gasteiger partial charge is 0.0159 e. The first kappa shape index (κ1) is 9.75. The first-order valence-electron chi connectivity index (χ1n) is 3.72. The second-order valence-corrected chi connectivity index (χ2v) is 4.61. The lowest BCUT2D eigenvalue weighted by molar-refractivity contribution is 1.24. The minimum atomic E-state index is 1.00. The summed E-state index contributed by atoms with van der Waals surface area (Å²) in [5.41, 5.74) is 1.28. The molecule has 0 fully saturated rings. The van der Waals surface area contributed by atoms with Crippen molar-refractivity contribution in [2.24, 2.45) is 0 Å². The third-order valence-electron chi connectivity index (χ3n) is 1.46. The van der Waals surface area contributed by atoms with Crippen LogP contribution in [0, 0.1) is 6.92 Å². The molecule has 0 nitrogen and oxygen atoms in total. The number of thiol groups is 1. The molecule has 0 N–H and O–H groups in total. The Kier molecular flexibility index (Phi) is 3.29. The molecule has 0 aliphatic heterocycles. The van der Waals surface area contributed by atoms with E-state index in [2.05, 4.69) is 38.3 Å². The number of benzene rings is 1. The Hall–Kier alpha value is -0.340. The molecule has 0 radical (unpaired) electrons. The summed E-state index contributed by atoms with van der Waals surface area (Å²) in [5.74, 6) is 0. The van der Waals surface area contributed by atoms with Gasteiger partial charge in [0.15, 0.2) is 0 Å². The van der Waals surface area contributed by atoms with Crippen LogP contribution in [0.2, 0.25) is 0 Å². The van der Waals surface area contributed by atoms with E-state index in [9.17, 15) is 0 Å².